The van der Waals surface area contributed by atoms with Crippen LogP contribution in [-0.4, -0.2) is 22.2 Å². The van der Waals surface area contributed by atoms with Gasteiger partial charge >= 0.3 is 7.12 Å². The second-order valence-corrected chi connectivity index (χ2v) is 2.87. The third-order valence-corrected chi connectivity index (χ3v) is 1.72. The molecule has 0 aliphatic heterocycles. The normalized spacial score (nSPS) is 9.17. The minimum Gasteiger partial charge on any atom is -0.423 e. The molecule has 0 unspecified atom stereocenters. The Labute approximate surface area is 77.8 Å². The average Bonchev–Trinajstić information content (AvgIpc) is 2.03. The fraction of sp³-hybridized carbons (Fsp3) is 0. The van der Waals surface area contributed by atoms with Gasteiger partial charge in [0, 0.05) is 5.46 Å². The molecule has 0 bridgehead atoms. The quantitative estimate of drug-likeness (QED) is 0.495. The first-order chi connectivity index (χ1) is 5.65. The van der Waals surface area contributed by atoms with E-state index < -0.39 is 7.12 Å². The molecule has 2 N–H and O–H groups in total. The van der Waals surface area contributed by atoms with Gasteiger partial charge in [-0.25, -0.2) is 4.98 Å². The molecule has 6 heteroatoms. The number of halogens is 1. The van der Waals surface area contributed by atoms with E-state index in [0.29, 0.717) is 4.60 Å². The Balaban J connectivity index is 3.23. The van der Waals surface area contributed by atoms with Gasteiger partial charge in [0.15, 0.2) is 0 Å². The Hall–Kier alpha value is -0.895. The molecule has 0 saturated carbocycles. The maximum Gasteiger partial charge on any atom is 0.491 e. The van der Waals surface area contributed by atoms with Gasteiger partial charge < -0.3 is 10.0 Å². The fourth-order valence-corrected chi connectivity index (χ4v) is 1.05. The van der Waals surface area contributed by atoms with Crippen LogP contribution in [0.4, 0.5) is 0 Å². The summed E-state index contributed by atoms with van der Waals surface area (Å²) in [6, 6.07) is 4.72. The zero-order valence-electron chi connectivity index (χ0n) is 5.90. The van der Waals surface area contributed by atoms with E-state index in [9.17, 15) is 0 Å². The molecule has 0 aromatic carbocycles. The average molecular weight is 227 g/mol. The van der Waals surface area contributed by atoms with Crippen LogP contribution in [0.15, 0.2) is 16.7 Å². The zero-order valence-corrected chi connectivity index (χ0v) is 7.48. The summed E-state index contributed by atoms with van der Waals surface area (Å²) in [5, 5.41) is 26.1. The minimum absolute atomic E-state index is 0.0133. The third-order valence-electron chi connectivity index (χ3n) is 1.28. The Morgan fingerprint density at radius 1 is 1.50 bits per heavy atom. The number of hydrogen-bond donors (Lipinski definition) is 2. The first-order valence-electron chi connectivity index (χ1n) is 3.08. The summed E-state index contributed by atoms with van der Waals surface area (Å²) >= 11 is 3.06. The molecular weight excluding hydrogens is 223 g/mol. The van der Waals surface area contributed by atoms with E-state index in [2.05, 4.69) is 20.9 Å². The molecular formula is C6H4BBrN2O2. The lowest BCUT2D eigenvalue weighted by atomic mass is 9.79. The first-order valence-corrected chi connectivity index (χ1v) is 3.87. The number of nitriles is 1. The highest BCUT2D eigenvalue weighted by Gasteiger charge is 2.16. The molecule has 60 valence electrons. The van der Waals surface area contributed by atoms with Gasteiger partial charge in [0.1, 0.15) is 16.4 Å². The molecule has 0 aliphatic rings. The van der Waals surface area contributed by atoms with Crippen molar-refractivity contribution < 1.29 is 10.0 Å². The molecule has 0 fully saturated rings. The largest absolute Gasteiger partial charge is 0.491 e. The van der Waals surface area contributed by atoms with Crippen molar-refractivity contribution in [1.29, 1.82) is 5.26 Å². The van der Waals surface area contributed by atoms with Crippen molar-refractivity contribution in [1.82, 2.24) is 4.98 Å². The van der Waals surface area contributed by atoms with Gasteiger partial charge in [0.2, 0.25) is 0 Å². The molecule has 0 saturated heterocycles. The van der Waals surface area contributed by atoms with Crippen LogP contribution in [0.25, 0.3) is 0 Å². The summed E-state index contributed by atoms with van der Waals surface area (Å²) < 4.78 is 0.489. The highest BCUT2D eigenvalue weighted by molar-refractivity contribution is 9.10. The minimum atomic E-state index is -1.65. The molecule has 0 atom stereocenters. The maximum atomic E-state index is 8.78. The van der Waals surface area contributed by atoms with Gasteiger partial charge in [-0.15, -0.1) is 0 Å². The summed E-state index contributed by atoms with van der Waals surface area (Å²) in [5.41, 5.74) is 0.125. The lowest BCUT2D eigenvalue weighted by Gasteiger charge is -2.00. The van der Waals surface area contributed by atoms with Crippen LogP contribution < -0.4 is 5.46 Å². The Bertz CT molecular complexity index is 337. The van der Waals surface area contributed by atoms with Crippen molar-refractivity contribution in [3.05, 3.63) is 22.4 Å². The second-order valence-electron chi connectivity index (χ2n) is 2.06. The standard InChI is InChI=1S/C6H4BBrN2O2/c8-6-2-1-4(7(11)12)5(3-9)10-6/h1-2,11-12H. The maximum absolute atomic E-state index is 8.78. The predicted octanol–water partition coefficient (Wildman–Crippen LogP) is -0.604. The van der Waals surface area contributed by atoms with E-state index in [1.165, 1.54) is 12.1 Å². The van der Waals surface area contributed by atoms with Crippen molar-refractivity contribution in [2.45, 2.75) is 0 Å². The Morgan fingerprint density at radius 2 is 2.17 bits per heavy atom. The number of nitrogens with zero attached hydrogens (tertiary/aromatic N) is 2. The third kappa shape index (κ3) is 1.82. The molecule has 1 rings (SSSR count). The van der Waals surface area contributed by atoms with E-state index in [4.69, 9.17) is 15.3 Å². The van der Waals surface area contributed by atoms with Crippen molar-refractivity contribution >= 4 is 28.5 Å². The molecule has 1 aromatic heterocycles. The number of aromatic nitrogens is 1. The Kier molecular flexibility index (Phi) is 2.81. The van der Waals surface area contributed by atoms with E-state index >= 15 is 0 Å². The molecule has 1 heterocycles. The van der Waals surface area contributed by atoms with E-state index in [-0.39, 0.29) is 11.2 Å². The van der Waals surface area contributed by atoms with Crippen molar-refractivity contribution in [2.24, 2.45) is 0 Å². The van der Waals surface area contributed by atoms with Gasteiger partial charge in [-0.2, -0.15) is 5.26 Å². The molecule has 0 aliphatic carbocycles. The van der Waals surface area contributed by atoms with Crippen LogP contribution in [0.1, 0.15) is 5.69 Å². The van der Waals surface area contributed by atoms with Crippen molar-refractivity contribution in [3.63, 3.8) is 0 Å². The van der Waals surface area contributed by atoms with Crippen LogP contribution in [0.5, 0.6) is 0 Å². The lowest BCUT2D eigenvalue weighted by Crippen LogP contribution is -2.33. The van der Waals surface area contributed by atoms with E-state index in [1.54, 1.807) is 6.07 Å². The number of hydrogen-bond acceptors (Lipinski definition) is 4. The highest BCUT2D eigenvalue weighted by Crippen LogP contribution is 2.04. The summed E-state index contributed by atoms with van der Waals surface area (Å²) in [5.74, 6) is 0. The van der Waals surface area contributed by atoms with Crippen LogP contribution >= 0.6 is 15.9 Å². The smallest absolute Gasteiger partial charge is 0.423 e. The molecule has 0 spiro atoms. The van der Waals surface area contributed by atoms with Gasteiger partial charge in [-0.3, -0.25) is 0 Å². The molecule has 1 aromatic rings. The van der Waals surface area contributed by atoms with Gasteiger partial charge in [0.05, 0.1) is 0 Å². The summed E-state index contributed by atoms with van der Waals surface area (Å²) in [7, 11) is -1.65. The van der Waals surface area contributed by atoms with Crippen LogP contribution in [0, 0.1) is 11.3 Å². The van der Waals surface area contributed by atoms with Crippen molar-refractivity contribution in [2.75, 3.05) is 0 Å². The number of rotatable bonds is 1. The topological polar surface area (TPSA) is 77.1 Å². The van der Waals surface area contributed by atoms with Crippen LogP contribution in [0.3, 0.4) is 0 Å². The van der Waals surface area contributed by atoms with Gasteiger partial charge in [-0.1, -0.05) is 6.07 Å². The summed E-state index contributed by atoms with van der Waals surface area (Å²) in [6.07, 6.45) is 0. The molecule has 12 heavy (non-hydrogen) atoms. The molecule has 0 amide bonds. The molecule has 0 radical (unpaired) electrons. The lowest BCUT2D eigenvalue weighted by molar-refractivity contribution is 0.425. The highest BCUT2D eigenvalue weighted by atomic mass is 79.9. The van der Waals surface area contributed by atoms with Crippen LogP contribution in [0.2, 0.25) is 0 Å². The monoisotopic (exact) mass is 226 g/mol. The SMILES string of the molecule is N#Cc1nc(Br)ccc1B(O)O. The molecule has 4 nitrogen and oxygen atoms in total. The predicted molar refractivity (Wildman–Crippen MR) is 46.5 cm³/mol. The zero-order chi connectivity index (χ0) is 9.14. The van der Waals surface area contributed by atoms with Gasteiger partial charge in [-0.05, 0) is 22.0 Å². The Morgan fingerprint density at radius 3 is 2.67 bits per heavy atom. The van der Waals surface area contributed by atoms with Gasteiger partial charge in [0.25, 0.3) is 0 Å². The van der Waals surface area contributed by atoms with E-state index in [1.807, 2.05) is 0 Å². The summed E-state index contributed by atoms with van der Waals surface area (Å²) in [4.78, 5) is 3.75. The van der Waals surface area contributed by atoms with Crippen molar-refractivity contribution in [3.8, 4) is 6.07 Å². The first kappa shape index (κ1) is 9.19. The van der Waals surface area contributed by atoms with E-state index in [0.717, 1.165) is 0 Å². The second kappa shape index (κ2) is 3.67. The fourth-order valence-electron chi connectivity index (χ4n) is 0.744. The number of pyridine rings is 1. The van der Waals surface area contributed by atoms with Crippen LogP contribution in [-0.2, 0) is 0 Å². The summed E-state index contributed by atoms with van der Waals surface area (Å²) in [6.45, 7) is 0.